The van der Waals surface area contributed by atoms with Crippen LogP contribution in [0.5, 0.6) is 0 Å². The minimum absolute atomic E-state index is 0.0660. The lowest BCUT2D eigenvalue weighted by atomic mass is 10.2. The predicted molar refractivity (Wildman–Crippen MR) is 78.1 cm³/mol. The summed E-state index contributed by atoms with van der Waals surface area (Å²) in [5.74, 6) is 0.230. The second-order valence-corrected chi connectivity index (χ2v) is 7.66. The van der Waals surface area contributed by atoms with Crippen LogP contribution >= 0.6 is 23.2 Å². The van der Waals surface area contributed by atoms with Crippen LogP contribution < -0.4 is 0 Å². The molecule has 0 saturated heterocycles. The molecule has 0 saturated carbocycles. The van der Waals surface area contributed by atoms with Crippen LogP contribution in [0.4, 0.5) is 0 Å². The standard InChI is InChI=1S/C12H18Cl2N2O2S/c1-8(2)7-16(9(3)4)19(17,18)10-5-11(13)12(14)15-6-10/h5-6,8-9H,7H2,1-4H3. The first-order chi connectivity index (χ1) is 8.66. The molecule has 19 heavy (non-hydrogen) atoms. The van der Waals surface area contributed by atoms with Crippen molar-refractivity contribution >= 4 is 33.2 Å². The Morgan fingerprint density at radius 1 is 1.26 bits per heavy atom. The van der Waals surface area contributed by atoms with Gasteiger partial charge in [0.05, 0.1) is 5.02 Å². The number of pyridine rings is 1. The van der Waals surface area contributed by atoms with E-state index >= 15 is 0 Å². The summed E-state index contributed by atoms with van der Waals surface area (Å²) in [6.45, 7) is 8.06. The normalized spacial score (nSPS) is 12.7. The van der Waals surface area contributed by atoms with Crippen LogP contribution in [0, 0.1) is 5.92 Å². The molecule has 0 bridgehead atoms. The lowest BCUT2D eigenvalue weighted by Crippen LogP contribution is -2.39. The molecule has 1 aromatic heterocycles. The summed E-state index contributed by atoms with van der Waals surface area (Å²) in [5, 5.41) is 0.233. The highest BCUT2D eigenvalue weighted by Crippen LogP contribution is 2.25. The van der Waals surface area contributed by atoms with Crippen LogP contribution in [0.1, 0.15) is 27.7 Å². The zero-order valence-electron chi connectivity index (χ0n) is 11.4. The number of halogens is 2. The molecule has 0 fully saturated rings. The average molecular weight is 325 g/mol. The fourth-order valence-corrected chi connectivity index (χ4v) is 3.73. The van der Waals surface area contributed by atoms with Crippen LogP contribution in [0.3, 0.4) is 0 Å². The van der Waals surface area contributed by atoms with E-state index in [0.717, 1.165) is 0 Å². The number of hydrogen-bond donors (Lipinski definition) is 0. The molecular formula is C12H18Cl2N2O2S. The van der Waals surface area contributed by atoms with Gasteiger partial charge in [0.15, 0.2) is 0 Å². The molecule has 0 aliphatic rings. The van der Waals surface area contributed by atoms with Crippen LogP contribution in [-0.4, -0.2) is 30.3 Å². The zero-order valence-corrected chi connectivity index (χ0v) is 13.7. The Bertz CT molecular complexity index is 545. The molecule has 0 spiro atoms. The SMILES string of the molecule is CC(C)CN(C(C)C)S(=O)(=O)c1cnc(Cl)c(Cl)c1. The molecule has 0 amide bonds. The quantitative estimate of drug-likeness (QED) is 0.779. The summed E-state index contributed by atoms with van der Waals surface area (Å²) in [6, 6.07) is 1.20. The summed E-state index contributed by atoms with van der Waals surface area (Å²) < 4.78 is 26.6. The molecule has 1 heterocycles. The third-order valence-electron chi connectivity index (χ3n) is 2.50. The minimum atomic E-state index is -3.61. The lowest BCUT2D eigenvalue weighted by molar-refractivity contribution is 0.319. The van der Waals surface area contributed by atoms with E-state index in [1.54, 1.807) is 0 Å². The van der Waals surface area contributed by atoms with Gasteiger partial charge in [-0.1, -0.05) is 37.0 Å². The van der Waals surface area contributed by atoms with E-state index in [4.69, 9.17) is 23.2 Å². The molecule has 4 nitrogen and oxygen atoms in total. The number of aromatic nitrogens is 1. The summed E-state index contributed by atoms with van der Waals surface area (Å²) in [5.41, 5.74) is 0. The van der Waals surface area contributed by atoms with Crippen LogP contribution in [0.25, 0.3) is 0 Å². The van der Waals surface area contributed by atoms with Gasteiger partial charge in [0.1, 0.15) is 10.0 Å². The van der Waals surface area contributed by atoms with Gasteiger partial charge in [0.25, 0.3) is 0 Å². The van der Waals surface area contributed by atoms with Crippen molar-refractivity contribution in [2.45, 2.75) is 38.6 Å². The van der Waals surface area contributed by atoms with Gasteiger partial charge in [-0.25, -0.2) is 13.4 Å². The summed E-state index contributed by atoms with van der Waals surface area (Å²) >= 11 is 11.5. The molecule has 0 radical (unpaired) electrons. The molecule has 0 aromatic carbocycles. The van der Waals surface area contributed by atoms with E-state index in [1.807, 2.05) is 27.7 Å². The second-order valence-electron chi connectivity index (χ2n) is 5.01. The van der Waals surface area contributed by atoms with Crippen molar-refractivity contribution in [2.75, 3.05) is 6.54 Å². The van der Waals surface area contributed by atoms with Crippen molar-refractivity contribution in [1.29, 1.82) is 0 Å². The van der Waals surface area contributed by atoms with Gasteiger partial charge in [-0.05, 0) is 25.8 Å². The number of rotatable bonds is 5. The summed E-state index contributed by atoms with van der Waals surface area (Å²) in [6.07, 6.45) is 1.24. The Balaban J connectivity index is 3.22. The average Bonchev–Trinajstić information content (AvgIpc) is 2.28. The van der Waals surface area contributed by atoms with Crippen molar-refractivity contribution < 1.29 is 8.42 Å². The fourth-order valence-electron chi connectivity index (χ4n) is 1.63. The van der Waals surface area contributed by atoms with Gasteiger partial charge < -0.3 is 0 Å². The van der Waals surface area contributed by atoms with E-state index in [9.17, 15) is 8.42 Å². The first-order valence-corrected chi connectivity index (χ1v) is 8.18. The van der Waals surface area contributed by atoms with Gasteiger partial charge in [0, 0.05) is 18.8 Å². The van der Waals surface area contributed by atoms with Crippen LogP contribution in [-0.2, 0) is 10.0 Å². The smallest absolute Gasteiger partial charge is 0.242 e. The Labute approximate surface area is 124 Å². The molecular weight excluding hydrogens is 307 g/mol. The van der Waals surface area contributed by atoms with Gasteiger partial charge in [-0.3, -0.25) is 0 Å². The molecule has 7 heteroatoms. The molecule has 1 rings (SSSR count). The van der Waals surface area contributed by atoms with Gasteiger partial charge in [0.2, 0.25) is 10.0 Å². The van der Waals surface area contributed by atoms with Crippen molar-refractivity contribution in [2.24, 2.45) is 5.92 Å². The zero-order chi connectivity index (χ0) is 14.8. The molecule has 1 aromatic rings. The van der Waals surface area contributed by atoms with E-state index in [1.165, 1.54) is 16.6 Å². The Morgan fingerprint density at radius 3 is 2.26 bits per heavy atom. The Hall–Kier alpha value is -0.360. The molecule has 0 N–H and O–H groups in total. The minimum Gasteiger partial charge on any atom is -0.242 e. The number of sulfonamides is 1. The molecule has 0 aliphatic carbocycles. The molecule has 0 aliphatic heterocycles. The highest BCUT2D eigenvalue weighted by molar-refractivity contribution is 7.89. The van der Waals surface area contributed by atoms with Crippen molar-refractivity contribution in [3.63, 3.8) is 0 Å². The topological polar surface area (TPSA) is 50.3 Å². The van der Waals surface area contributed by atoms with E-state index in [-0.39, 0.29) is 27.0 Å². The summed E-state index contributed by atoms with van der Waals surface area (Å²) in [7, 11) is -3.61. The van der Waals surface area contributed by atoms with Gasteiger partial charge in [-0.2, -0.15) is 4.31 Å². The fraction of sp³-hybridized carbons (Fsp3) is 0.583. The number of nitrogens with zero attached hydrogens (tertiary/aromatic N) is 2. The largest absolute Gasteiger partial charge is 0.244 e. The van der Waals surface area contributed by atoms with Crippen LogP contribution in [0.15, 0.2) is 17.2 Å². The lowest BCUT2D eigenvalue weighted by Gasteiger charge is -2.27. The van der Waals surface area contributed by atoms with E-state index < -0.39 is 10.0 Å². The molecule has 0 atom stereocenters. The highest BCUT2D eigenvalue weighted by atomic mass is 35.5. The van der Waals surface area contributed by atoms with E-state index in [0.29, 0.717) is 6.54 Å². The first kappa shape index (κ1) is 16.7. The Morgan fingerprint density at radius 2 is 1.84 bits per heavy atom. The maximum atomic E-state index is 12.6. The van der Waals surface area contributed by atoms with Gasteiger partial charge in [-0.15, -0.1) is 0 Å². The summed E-state index contributed by atoms with van der Waals surface area (Å²) in [4.78, 5) is 3.86. The number of hydrogen-bond acceptors (Lipinski definition) is 3. The highest BCUT2D eigenvalue weighted by Gasteiger charge is 2.28. The van der Waals surface area contributed by atoms with Crippen LogP contribution in [0.2, 0.25) is 10.2 Å². The Kier molecular flexibility index (Phi) is 5.62. The van der Waals surface area contributed by atoms with E-state index in [2.05, 4.69) is 4.98 Å². The first-order valence-electron chi connectivity index (χ1n) is 5.99. The monoisotopic (exact) mass is 324 g/mol. The predicted octanol–water partition coefficient (Wildman–Crippen LogP) is 3.44. The maximum Gasteiger partial charge on any atom is 0.244 e. The maximum absolute atomic E-state index is 12.6. The van der Waals surface area contributed by atoms with Crippen molar-refractivity contribution in [3.8, 4) is 0 Å². The molecule has 0 unspecified atom stereocenters. The molecule has 108 valence electrons. The van der Waals surface area contributed by atoms with Crippen molar-refractivity contribution in [1.82, 2.24) is 9.29 Å². The van der Waals surface area contributed by atoms with Crippen molar-refractivity contribution in [3.05, 3.63) is 22.4 Å². The third kappa shape index (κ3) is 4.05. The van der Waals surface area contributed by atoms with Gasteiger partial charge >= 0.3 is 0 Å². The second kappa shape index (κ2) is 6.39. The third-order valence-corrected chi connectivity index (χ3v) is 5.19.